The number of esters is 1. The van der Waals surface area contributed by atoms with Gasteiger partial charge >= 0.3 is 12.3 Å². The second-order valence-electron chi connectivity index (χ2n) is 3.60. The van der Waals surface area contributed by atoms with Crippen molar-refractivity contribution in [2.75, 3.05) is 6.61 Å². The van der Waals surface area contributed by atoms with Gasteiger partial charge in [-0.2, -0.15) is 5.26 Å². The van der Waals surface area contributed by atoms with Crippen LogP contribution in [0.1, 0.15) is 18.1 Å². The highest BCUT2D eigenvalue weighted by molar-refractivity contribution is 14.1. The van der Waals surface area contributed by atoms with Crippen molar-refractivity contribution in [2.45, 2.75) is 19.7 Å². The highest BCUT2D eigenvalue weighted by Gasteiger charge is 2.33. The molecule has 1 aromatic rings. The lowest BCUT2D eigenvalue weighted by atomic mass is 10.1. The largest absolute Gasteiger partial charge is 0.573 e. The third kappa shape index (κ3) is 4.88. The standard InChI is InChI=1S/C12H9F3INO3/c1-2-19-10(18)5-7-3-8(6-17)11(9(16)4-7)20-12(13,14)15/h3-4H,2,5H2,1H3. The number of carbonyl (C=O) groups excluding carboxylic acids is 1. The Balaban J connectivity index is 3.08. The van der Waals surface area contributed by atoms with Crippen LogP contribution in [0.3, 0.4) is 0 Å². The molecule has 0 saturated heterocycles. The van der Waals surface area contributed by atoms with Crippen LogP contribution >= 0.6 is 22.6 Å². The Bertz CT molecular complexity index is 552. The van der Waals surface area contributed by atoms with Crippen LogP contribution in [0, 0.1) is 14.9 Å². The third-order valence-electron chi connectivity index (χ3n) is 2.10. The summed E-state index contributed by atoms with van der Waals surface area (Å²) in [5, 5.41) is 8.88. The van der Waals surface area contributed by atoms with Gasteiger partial charge < -0.3 is 9.47 Å². The number of nitriles is 1. The van der Waals surface area contributed by atoms with E-state index in [1.54, 1.807) is 35.6 Å². The van der Waals surface area contributed by atoms with Gasteiger partial charge in [-0.3, -0.25) is 4.79 Å². The first-order chi connectivity index (χ1) is 9.26. The molecule has 4 nitrogen and oxygen atoms in total. The molecule has 0 spiro atoms. The molecule has 0 amide bonds. The molecule has 0 heterocycles. The summed E-state index contributed by atoms with van der Waals surface area (Å²) in [6.07, 6.45) is -5.00. The van der Waals surface area contributed by atoms with Crippen LogP contribution in [-0.2, 0) is 16.0 Å². The normalized spacial score (nSPS) is 10.8. The van der Waals surface area contributed by atoms with Crippen LogP contribution in [0.2, 0.25) is 0 Å². The van der Waals surface area contributed by atoms with Crippen molar-refractivity contribution in [3.8, 4) is 11.8 Å². The second kappa shape index (κ2) is 6.78. The fourth-order valence-electron chi connectivity index (χ4n) is 1.43. The lowest BCUT2D eigenvalue weighted by Crippen LogP contribution is -2.19. The van der Waals surface area contributed by atoms with Gasteiger partial charge in [0.05, 0.1) is 22.2 Å². The van der Waals surface area contributed by atoms with Crippen molar-refractivity contribution in [1.82, 2.24) is 0 Å². The van der Waals surface area contributed by atoms with Crippen molar-refractivity contribution in [3.05, 3.63) is 26.8 Å². The van der Waals surface area contributed by atoms with E-state index < -0.39 is 18.1 Å². The third-order valence-corrected chi connectivity index (χ3v) is 2.90. The summed E-state index contributed by atoms with van der Waals surface area (Å²) in [6.45, 7) is 1.85. The molecule has 0 aromatic heterocycles. The molecule has 0 fully saturated rings. The zero-order valence-corrected chi connectivity index (χ0v) is 12.4. The molecule has 0 saturated carbocycles. The molecule has 0 aliphatic rings. The molecular weight excluding hydrogens is 390 g/mol. The molecule has 0 atom stereocenters. The fraction of sp³-hybridized carbons (Fsp3) is 0.333. The topological polar surface area (TPSA) is 59.3 Å². The highest BCUT2D eigenvalue weighted by atomic mass is 127. The Morgan fingerprint density at radius 1 is 1.45 bits per heavy atom. The van der Waals surface area contributed by atoms with Gasteiger partial charge in [0.2, 0.25) is 0 Å². The zero-order valence-electron chi connectivity index (χ0n) is 10.3. The van der Waals surface area contributed by atoms with E-state index in [0.717, 1.165) is 0 Å². The maximum absolute atomic E-state index is 12.2. The Morgan fingerprint density at radius 3 is 2.60 bits per heavy atom. The highest BCUT2D eigenvalue weighted by Crippen LogP contribution is 2.32. The summed E-state index contributed by atoms with van der Waals surface area (Å²) in [6, 6.07) is 4.15. The van der Waals surface area contributed by atoms with Crippen molar-refractivity contribution in [2.24, 2.45) is 0 Å². The van der Waals surface area contributed by atoms with Crippen LogP contribution in [-0.4, -0.2) is 18.9 Å². The molecule has 1 aromatic carbocycles. The molecule has 0 radical (unpaired) electrons. The summed E-state index contributed by atoms with van der Waals surface area (Å²) in [5.41, 5.74) is 0.104. The Labute approximate surface area is 126 Å². The minimum atomic E-state index is -4.88. The first-order valence-corrected chi connectivity index (χ1v) is 6.48. The van der Waals surface area contributed by atoms with Gasteiger partial charge in [-0.1, -0.05) is 0 Å². The second-order valence-corrected chi connectivity index (χ2v) is 4.76. The van der Waals surface area contributed by atoms with Crippen LogP contribution in [0.5, 0.6) is 5.75 Å². The van der Waals surface area contributed by atoms with E-state index >= 15 is 0 Å². The number of rotatable bonds is 4. The van der Waals surface area contributed by atoms with E-state index in [1.165, 1.54) is 12.1 Å². The number of ether oxygens (including phenoxy) is 2. The summed E-state index contributed by atoms with van der Waals surface area (Å²) in [4.78, 5) is 11.3. The van der Waals surface area contributed by atoms with Gasteiger partial charge in [-0.25, -0.2) is 0 Å². The number of benzene rings is 1. The zero-order chi connectivity index (χ0) is 15.3. The molecule has 8 heteroatoms. The van der Waals surface area contributed by atoms with Crippen LogP contribution < -0.4 is 4.74 Å². The summed E-state index contributed by atoms with van der Waals surface area (Å²) in [5.74, 6) is -1.08. The van der Waals surface area contributed by atoms with Crippen molar-refractivity contribution in [1.29, 1.82) is 5.26 Å². The Kier molecular flexibility index (Phi) is 5.62. The van der Waals surface area contributed by atoms with E-state index in [0.29, 0.717) is 5.56 Å². The van der Waals surface area contributed by atoms with Crippen molar-refractivity contribution < 1.29 is 27.4 Å². The van der Waals surface area contributed by atoms with E-state index in [2.05, 4.69) is 4.74 Å². The monoisotopic (exact) mass is 399 g/mol. The average molecular weight is 399 g/mol. The summed E-state index contributed by atoms with van der Waals surface area (Å²) in [7, 11) is 0. The molecule has 0 unspecified atom stereocenters. The number of alkyl halides is 3. The first-order valence-electron chi connectivity index (χ1n) is 5.40. The molecule has 108 valence electrons. The fourth-order valence-corrected chi connectivity index (χ4v) is 2.23. The van der Waals surface area contributed by atoms with Gasteiger partial charge in [0.1, 0.15) is 6.07 Å². The molecule has 0 aliphatic carbocycles. The number of nitrogens with zero attached hydrogens (tertiary/aromatic N) is 1. The van der Waals surface area contributed by atoms with Crippen LogP contribution in [0.25, 0.3) is 0 Å². The van der Waals surface area contributed by atoms with Crippen molar-refractivity contribution >= 4 is 28.6 Å². The SMILES string of the molecule is CCOC(=O)Cc1cc(I)c(OC(F)(F)F)c(C#N)c1. The summed E-state index contributed by atoms with van der Waals surface area (Å²) >= 11 is 1.61. The van der Waals surface area contributed by atoms with E-state index in [-0.39, 0.29) is 22.2 Å². The molecule has 1 rings (SSSR count). The van der Waals surface area contributed by atoms with Gasteiger partial charge in [-0.05, 0) is 47.2 Å². The number of carbonyl (C=O) groups is 1. The smallest absolute Gasteiger partial charge is 0.466 e. The minimum Gasteiger partial charge on any atom is -0.466 e. The van der Waals surface area contributed by atoms with Crippen LogP contribution in [0.15, 0.2) is 12.1 Å². The molecule has 0 bridgehead atoms. The summed E-state index contributed by atoms with van der Waals surface area (Å²) < 4.78 is 45.4. The number of hydrogen-bond donors (Lipinski definition) is 0. The molecule has 20 heavy (non-hydrogen) atoms. The van der Waals surface area contributed by atoms with Gasteiger partial charge in [0.15, 0.2) is 5.75 Å². The number of halogens is 4. The predicted molar refractivity (Wildman–Crippen MR) is 70.9 cm³/mol. The van der Waals surface area contributed by atoms with Gasteiger partial charge in [0, 0.05) is 0 Å². The Morgan fingerprint density at radius 2 is 2.10 bits per heavy atom. The van der Waals surface area contributed by atoms with E-state index in [1.807, 2.05) is 0 Å². The van der Waals surface area contributed by atoms with Crippen molar-refractivity contribution in [3.63, 3.8) is 0 Å². The molecule has 0 aliphatic heterocycles. The molecule has 0 N–H and O–H groups in total. The molecular formula is C12H9F3INO3. The van der Waals surface area contributed by atoms with E-state index in [9.17, 15) is 18.0 Å². The predicted octanol–water partition coefficient (Wildman–Crippen LogP) is 3.17. The van der Waals surface area contributed by atoms with Gasteiger partial charge in [-0.15, -0.1) is 13.2 Å². The van der Waals surface area contributed by atoms with E-state index in [4.69, 9.17) is 10.00 Å². The quantitative estimate of drug-likeness (QED) is 0.577. The number of hydrogen-bond acceptors (Lipinski definition) is 4. The maximum atomic E-state index is 12.2. The Hall–Kier alpha value is -1.50. The van der Waals surface area contributed by atoms with Gasteiger partial charge in [0.25, 0.3) is 0 Å². The van der Waals surface area contributed by atoms with Crippen LogP contribution in [0.4, 0.5) is 13.2 Å². The maximum Gasteiger partial charge on any atom is 0.573 e. The lowest BCUT2D eigenvalue weighted by Gasteiger charge is -2.13. The first kappa shape index (κ1) is 16.6. The average Bonchev–Trinajstić information content (AvgIpc) is 2.31. The minimum absolute atomic E-state index is 0.0956. The lowest BCUT2D eigenvalue weighted by molar-refractivity contribution is -0.275.